The van der Waals surface area contributed by atoms with E-state index in [2.05, 4.69) is 31.0 Å². The summed E-state index contributed by atoms with van der Waals surface area (Å²) in [4.78, 5) is 3.39. The van der Waals surface area contributed by atoms with Crippen LogP contribution in [-0.4, -0.2) is 4.98 Å². The minimum Gasteiger partial charge on any atom is -0.489 e. The number of ether oxygens (including phenoxy) is 1. The van der Waals surface area contributed by atoms with Gasteiger partial charge in [0.1, 0.15) is 12.4 Å². The first kappa shape index (κ1) is 14.0. The van der Waals surface area contributed by atoms with E-state index >= 15 is 0 Å². The van der Waals surface area contributed by atoms with E-state index in [-0.39, 0.29) is 0 Å². The summed E-state index contributed by atoms with van der Waals surface area (Å²) in [5, 5.41) is 1.86. The van der Waals surface area contributed by atoms with Crippen molar-refractivity contribution in [2.75, 3.05) is 0 Å². The number of nitrogens with one attached hydrogen (secondary N) is 1. The van der Waals surface area contributed by atoms with E-state index in [1.807, 2.05) is 36.4 Å². The molecule has 0 spiro atoms. The molecule has 1 heterocycles. The summed E-state index contributed by atoms with van der Waals surface area (Å²) in [5.41, 5.74) is 3.26. The lowest BCUT2D eigenvalue weighted by Gasteiger charge is -2.06. The van der Waals surface area contributed by atoms with Crippen LogP contribution >= 0.6 is 11.6 Å². The smallest absolute Gasteiger partial charge is 0.121 e. The van der Waals surface area contributed by atoms with Crippen LogP contribution in [0.2, 0.25) is 5.02 Å². The summed E-state index contributed by atoms with van der Waals surface area (Å²) in [6, 6.07) is 16.1. The molecule has 0 unspecified atom stereocenters. The Morgan fingerprint density at radius 3 is 2.57 bits per heavy atom. The SMILES string of the molecule is CC(C)c1[nH]c2cc(OCc3ccccc3)ccc2c1Cl. The monoisotopic (exact) mass is 299 g/mol. The van der Waals surface area contributed by atoms with Crippen LogP contribution in [-0.2, 0) is 6.61 Å². The van der Waals surface area contributed by atoms with Gasteiger partial charge in [-0.3, -0.25) is 0 Å². The third-order valence-electron chi connectivity index (χ3n) is 3.56. The molecule has 1 N–H and O–H groups in total. The summed E-state index contributed by atoms with van der Waals surface area (Å²) in [6.07, 6.45) is 0. The Labute approximate surface area is 129 Å². The molecule has 0 fully saturated rings. The van der Waals surface area contributed by atoms with Crippen LogP contribution in [0.5, 0.6) is 5.75 Å². The summed E-state index contributed by atoms with van der Waals surface area (Å²) in [6.45, 7) is 4.82. The normalized spacial score (nSPS) is 11.2. The van der Waals surface area contributed by atoms with Gasteiger partial charge in [-0.25, -0.2) is 0 Å². The van der Waals surface area contributed by atoms with Gasteiger partial charge in [-0.1, -0.05) is 55.8 Å². The van der Waals surface area contributed by atoms with Crippen LogP contribution < -0.4 is 4.74 Å². The predicted molar refractivity (Wildman–Crippen MR) is 88.2 cm³/mol. The van der Waals surface area contributed by atoms with Gasteiger partial charge in [-0.05, 0) is 23.6 Å². The maximum Gasteiger partial charge on any atom is 0.121 e. The molecular weight excluding hydrogens is 282 g/mol. The fraction of sp³-hybridized carbons (Fsp3) is 0.222. The Bertz CT molecular complexity index is 747. The van der Waals surface area contributed by atoms with E-state index in [4.69, 9.17) is 16.3 Å². The molecule has 0 saturated heterocycles. The maximum atomic E-state index is 6.41. The number of fused-ring (bicyclic) bond motifs is 1. The fourth-order valence-electron chi connectivity index (χ4n) is 2.39. The first-order chi connectivity index (χ1) is 10.1. The molecule has 1 aromatic heterocycles. The molecular formula is C18H18ClNO. The molecule has 0 amide bonds. The van der Waals surface area contributed by atoms with Gasteiger partial charge in [0.05, 0.1) is 10.5 Å². The second-order valence-corrected chi connectivity index (χ2v) is 5.87. The van der Waals surface area contributed by atoms with E-state index in [9.17, 15) is 0 Å². The van der Waals surface area contributed by atoms with Crippen molar-refractivity contribution >= 4 is 22.5 Å². The highest BCUT2D eigenvalue weighted by molar-refractivity contribution is 6.36. The van der Waals surface area contributed by atoms with Crippen LogP contribution in [0.4, 0.5) is 0 Å². The third-order valence-corrected chi connectivity index (χ3v) is 3.97. The molecule has 0 atom stereocenters. The zero-order valence-electron chi connectivity index (χ0n) is 12.2. The van der Waals surface area contributed by atoms with Gasteiger partial charge in [0.15, 0.2) is 0 Å². The second-order valence-electron chi connectivity index (χ2n) is 5.49. The van der Waals surface area contributed by atoms with Crippen molar-refractivity contribution in [3.05, 3.63) is 64.8 Å². The highest BCUT2D eigenvalue weighted by Crippen LogP contribution is 2.33. The number of H-pyrrole nitrogens is 1. The fourth-order valence-corrected chi connectivity index (χ4v) is 2.82. The quantitative estimate of drug-likeness (QED) is 0.674. The topological polar surface area (TPSA) is 25.0 Å². The second kappa shape index (κ2) is 5.82. The van der Waals surface area contributed by atoms with Crippen molar-refractivity contribution in [2.24, 2.45) is 0 Å². The first-order valence-electron chi connectivity index (χ1n) is 7.13. The number of aromatic nitrogens is 1. The zero-order chi connectivity index (χ0) is 14.8. The lowest BCUT2D eigenvalue weighted by molar-refractivity contribution is 0.306. The number of hydrogen-bond acceptors (Lipinski definition) is 1. The average molecular weight is 300 g/mol. The van der Waals surface area contributed by atoms with Crippen LogP contribution in [0.1, 0.15) is 31.0 Å². The Hall–Kier alpha value is -1.93. The van der Waals surface area contributed by atoms with Crippen LogP contribution in [0.15, 0.2) is 48.5 Å². The largest absolute Gasteiger partial charge is 0.489 e. The molecule has 2 nitrogen and oxygen atoms in total. The molecule has 2 aromatic carbocycles. The molecule has 108 valence electrons. The Morgan fingerprint density at radius 2 is 1.86 bits per heavy atom. The molecule has 0 aliphatic rings. The third kappa shape index (κ3) is 2.91. The molecule has 21 heavy (non-hydrogen) atoms. The van der Waals surface area contributed by atoms with E-state index in [1.165, 1.54) is 0 Å². The molecule has 3 heteroatoms. The summed E-state index contributed by atoms with van der Waals surface area (Å²) >= 11 is 6.41. The highest BCUT2D eigenvalue weighted by Gasteiger charge is 2.12. The lowest BCUT2D eigenvalue weighted by Crippen LogP contribution is -1.94. The highest BCUT2D eigenvalue weighted by atomic mass is 35.5. The number of halogens is 1. The lowest BCUT2D eigenvalue weighted by atomic mass is 10.1. The first-order valence-corrected chi connectivity index (χ1v) is 7.51. The molecule has 0 aliphatic heterocycles. The summed E-state index contributed by atoms with van der Waals surface area (Å²) < 4.78 is 5.85. The Morgan fingerprint density at radius 1 is 1.10 bits per heavy atom. The van der Waals surface area contributed by atoms with Gasteiger partial charge in [-0.2, -0.15) is 0 Å². The Balaban J connectivity index is 1.84. The van der Waals surface area contributed by atoms with E-state index in [0.29, 0.717) is 12.5 Å². The van der Waals surface area contributed by atoms with Crippen molar-refractivity contribution in [1.82, 2.24) is 4.98 Å². The van der Waals surface area contributed by atoms with Crippen molar-refractivity contribution in [2.45, 2.75) is 26.4 Å². The van der Waals surface area contributed by atoms with Crippen molar-refractivity contribution in [1.29, 1.82) is 0 Å². The van der Waals surface area contributed by atoms with Crippen LogP contribution in [0.25, 0.3) is 10.9 Å². The minimum absolute atomic E-state index is 0.374. The Kier molecular flexibility index (Phi) is 3.89. The van der Waals surface area contributed by atoms with Gasteiger partial charge in [0.25, 0.3) is 0 Å². The maximum absolute atomic E-state index is 6.41. The molecule has 3 rings (SSSR count). The van der Waals surface area contributed by atoms with Crippen molar-refractivity contribution in [3.8, 4) is 5.75 Å². The molecule has 3 aromatic rings. The molecule has 0 bridgehead atoms. The van der Waals surface area contributed by atoms with Gasteiger partial charge in [0, 0.05) is 17.1 Å². The molecule has 0 aliphatic carbocycles. The average Bonchev–Trinajstić information content (AvgIpc) is 2.83. The van der Waals surface area contributed by atoms with Crippen LogP contribution in [0.3, 0.4) is 0 Å². The van der Waals surface area contributed by atoms with E-state index < -0.39 is 0 Å². The van der Waals surface area contributed by atoms with E-state index in [1.54, 1.807) is 0 Å². The van der Waals surface area contributed by atoms with Gasteiger partial charge in [0.2, 0.25) is 0 Å². The molecule has 0 saturated carbocycles. The number of hydrogen-bond donors (Lipinski definition) is 1. The summed E-state index contributed by atoms with van der Waals surface area (Å²) in [5.74, 6) is 1.22. The number of aromatic amines is 1. The van der Waals surface area contributed by atoms with Crippen LogP contribution in [0, 0.1) is 0 Å². The van der Waals surface area contributed by atoms with Gasteiger partial charge >= 0.3 is 0 Å². The van der Waals surface area contributed by atoms with Gasteiger partial charge in [-0.15, -0.1) is 0 Å². The minimum atomic E-state index is 0.374. The molecule has 0 radical (unpaired) electrons. The number of benzene rings is 2. The summed E-state index contributed by atoms with van der Waals surface area (Å²) in [7, 11) is 0. The predicted octanol–water partition coefficient (Wildman–Crippen LogP) is 5.52. The standard InChI is InChI=1S/C18H18ClNO/c1-12(2)18-17(19)15-9-8-14(10-16(15)20-18)21-11-13-6-4-3-5-7-13/h3-10,12,20H,11H2,1-2H3. The number of rotatable bonds is 4. The zero-order valence-corrected chi connectivity index (χ0v) is 12.9. The van der Waals surface area contributed by atoms with Gasteiger partial charge < -0.3 is 9.72 Å². The van der Waals surface area contributed by atoms with E-state index in [0.717, 1.165) is 32.9 Å². The van der Waals surface area contributed by atoms with Crippen molar-refractivity contribution < 1.29 is 4.74 Å². The van der Waals surface area contributed by atoms with Crippen molar-refractivity contribution in [3.63, 3.8) is 0 Å².